The summed E-state index contributed by atoms with van der Waals surface area (Å²) >= 11 is 0. The number of rotatable bonds is 2. The summed E-state index contributed by atoms with van der Waals surface area (Å²) in [6.45, 7) is 2.91. The lowest BCUT2D eigenvalue weighted by atomic mass is 9.97. The highest BCUT2D eigenvalue weighted by Gasteiger charge is 2.37. The summed E-state index contributed by atoms with van der Waals surface area (Å²) in [6, 6.07) is 3.37. The van der Waals surface area contributed by atoms with Crippen LogP contribution in [-0.2, 0) is 0 Å². The summed E-state index contributed by atoms with van der Waals surface area (Å²) in [7, 11) is 0. The monoisotopic (exact) mass is 207 g/mol. The maximum Gasteiger partial charge on any atom is 0.250 e. The molecule has 0 aliphatic carbocycles. The first kappa shape index (κ1) is 9.92. The second-order valence-corrected chi connectivity index (χ2v) is 4.12. The Hall–Kier alpha value is -1.62. The molecule has 80 valence electrons. The minimum Gasteiger partial charge on any atom is -0.386 e. The molecule has 0 saturated carbocycles. The molecule has 1 aliphatic heterocycles. The number of nitrogens with zero attached hydrogens (tertiary/aromatic N) is 2. The number of hydrogen-bond donors (Lipinski definition) is 2. The summed E-state index contributed by atoms with van der Waals surface area (Å²) in [5.74, 6) is 0.274. The van der Waals surface area contributed by atoms with Crippen LogP contribution in [0.4, 0.5) is 5.82 Å². The molecule has 15 heavy (non-hydrogen) atoms. The lowest BCUT2D eigenvalue weighted by Gasteiger charge is -2.44. The largest absolute Gasteiger partial charge is 0.386 e. The number of aromatic nitrogens is 1. The van der Waals surface area contributed by atoms with Gasteiger partial charge in [-0.05, 0) is 19.1 Å². The van der Waals surface area contributed by atoms with Gasteiger partial charge in [0, 0.05) is 19.3 Å². The number of primary amides is 1. The second-order valence-electron chi connectivity index (χ2n) is 4.12. The Morgan fingerprint density at radius 3 is 2.67 bits per heavy atom. The van der Waals surface area contributed by atoms with Crippen molar-refractivity contribution in [2.24, 2.45) is 5.73 Å². The van der Waals surface area contributed by atoms with Gasteiger partial charge in [0.25, 0.3) is 0 Å². The van der Waals surface area contributed by atoms with Gasteiger partial charge >= 0.3 is 0 Å². The van der Waals surface area contributed by atoms with Crippen LogP contribution in [0.2, 0.25) is 0 Å². The fourth-order valence-corrected chi connectivity index (χ4v) is 1.66. The standard InChI is InChI=1S/C10H13N3O2/c1-10(15)5-13(6-10)8-3-2-7(4-12-8)9(11)14/h2-4,15H,5-6H2,1H3,(H2,11,14). The molecule has 2 heterocycles. The molecule has 1 aromatic heterocycles. The van der Waals surface area contributed by atoms with Gasteiger partial charge in [0.15, 0.2) is 0 Å². The number of anilines is 1. The van der Waals surface area contributed by atoms with E-state index in [0.29, 0.717) is 18.7 Å². The van der Waals surface area contributed by atoms with Crippen molar-refractivity contribution in [3.63, 3.8) is 0 Å². The molecule has 1 amide bonds. The number of pyridine rings is 1. The molecule has 0 atom stereocenters. The Morgan fingerprint density at radius 2 is 2.27 bits per heavy atom. The van der Waals surface area contributed by atoms with Gasteiger partial charge in [-0.1, -0.05) is 0 Å². The van der Waals surface area contributed by atoms with Crippen LogP contribution in [-0.4, -0.2) is 34.7 Å². The normalized spacial score (nSPS) is 18.4. The third-order valence-electron chi connectivity index (χ3n) is 2.42. The lowest BCUT2D eigenvalue weighted by Crippen LogP contribution is -2.60. The number of aliphatic hydroxyl groups is 1. The Bertz CT molecular complexity index is 378. The Kier molecular flexibility index (Phi) is 2.12. The lowest BCUT2D eigenvalue weighted by molar-refractivity contribution is 0.0305. The molecule has 0 bridgehead atoms. The molecule has 1 saturated heterocycles. The molecule has 0 aromatic carbocycles. The summed E-state index contributed by atoms with van der Waals surface area (Å²) in [5.41, 5.74) is 4.87. The quantitative estimate of drug-likeness (QED) is 0.701. The molecule has 2 rings (SSSR count). The van der Waals surface area contributed by atoms with Crippen molar-refractivity contribution in [2.75, 3.05) is 18.0 Å². The van der Waals surface area contributed by atoms with E-state index in [9.17, 15) is 9.90 Å². The fourth-order valence-electron chi connectivity index (χ4n) is 1.66. The first-order valence-corrected chi connectivity index (χ1v) is 4.71. The predicted molar refractivity (Wildman–Crippen MR) is 55.6 cm³/mol. The number of hydrogen-bond acceptors (Lipinski definition) is 4. The van der Waals surface area contributed by atoms with Gasteiger partial charge in [-0.25, -0.2) is 4.98 Å². The van der Waals surface area contributed by atoms with Gasteiger partial charge in [0.2, 0.25) is 5.91 Å². The van der Waals surface area contributed by atoms with Crippen LogP contribution in [0.1, 0.15) is 17.3 Å². The highest BCUT2D eigenvalue weighted by molar-refractivity contribution is 5.92. The molecule has 1 fully saturated rings. The molecule has 0 unspecified atom stereocenters. The van der Waals surface area contributed by atoms with Crippen molar-refractivity contribution >= 4 is 11.7 Å². The van der Waals surface area contributed by atoms with E-state index < -0.39 is 11.5 Å². The molecule has 5 nitrogen and oxygen atoms in total. The SMILES string of the molecule is CC1(O)CN(c2ccc(C(N)=O)cn2)C1. The molecule has 0 spiro atoms. The number of nitrogens with two attached hydrogens (primary N) is 1. The molecule has 0 radical (unpaired) electrons. The molecule has 1 aliphatic rings. The Morgan fingerprint density at radius 1 is 1.60 bits per heavy atom. The highest BCUT2D eigenvalue weighted by atomic mass is 16.3. The second kappa shape index (κ2) is 3.20. The predicted octanol–water partition coefficient (Wildman–Crippen LogP) is -0.249. The van der Waals surface area contributed by atoms with Crippen molar-refractivity contribution < 1.29 is 9.90 Å². The van der Waals surface area contributed by atoms with Gasteiger partial charge in [-0.2, -0.15) is 0 Å². The first-order chi connectivity index (χ1) is 6.98. The van der Waals surface area contributed by atoms with Gasteiger partial charge in [-0.15, -0.1) is 0 Å². The molecular formula is C10H13N3O2. The van der Waals surface area contributed by atoms with Crippen LogP contribution in [0, 0.1) is 0 Å². The highest BCUT2D eigenvalue weighted by Crippen LogP contribution is 2.25. The van der Waals surface area contributed by atoms with Gasteiger partial charge < -0.3 is 15.7 Å². The van der Waals surface area contributed by atoms with Gasteiger partial charge in [-0.3, -0.25) is 4.79 Å². The smallest absolute Gasteiger partial charge is 0.250 e. The zero-order chi connectivity index (χ0) is 11.1. The molecular weight excluding hydrogens is 194 g/mol. The van der Waals surface area contributed by atoms with Crippen molar-refractivity contribution in [1.29, 1.82) is 0 Å². The van der Waals surface area contributed by atoms with E-state index in [1.165, 1.54) is 6.20 Å². The zero-order valence-electron chi connectivity index (χ0n) is 8.47. The van der Waals surface area contributed by atoms with E-state index in [0.717, 1.165) is 5.82 Å². The molecule has 1 aromatic rings. The maximum atomic E-state index is 10.8. The summed E-state index contributed by atoms with van der Waals surface area (Å²) < 4.78 is 0. The third-order valence-corrected chi connectivity index (χ3v) is 2.42. The topological polar surface area (TPSA) is 79.5 Å². The van der Waals surface area contributed by atoms with E-state index in [1.807, 2.05) is 4.90 Å². The van der Waals surface area contributed by atoms with E-state index in [2.05, 4.69) is 4.98 Å². The summed E-state index contributed by atoms with van der Waals surface area (Å²) in [5, 5.41) is 9.54. The van der Waals surface area contributed by atoms with Gasteiger partial charge in [0.05, 0.1) is 11.2 Å². The number of carbonyl (C=O) groups is 1. The number of amides is 1. The molecule has 3 N–H and O–H groups in total. The van der Waals surface area contributed by atoms with E-state index in [-0.39, 0.29) is 0 Å². The summed E-state index contributed by atoms with van der Waals surface area (Å²) in [6.07, 6.45) is 1.45. The number of carbonyl (C=O) groups excluding carboxylic acids is 1. The Balaban J connectivity index is 2.09. The van der Waals surface area contributed by atoms with Crippen LogP contribution in [0.5, 0.6) is 0 Å². The fraction of sp³-hybridized carbons (Fsp3) is 0.400. The van der Waals surface area contributed by atoms with E-state index in [4.69, 9.17) is 5.73 Å². The van der Waals surface area contributed by atoms with Gasteiger partial charge in [0.1, 0.15) is 5.82 Å². The average molecular weight is 207 g/mol. The zero-order valence-corrected chi connectivity index (χ0v) is 8.47. The average Bonchev–Trinajstić information content (AvgIpc) is 2.14. The van der Waals surface area contributed by atoms with Crippen LogP contribution in [0.3, 0.4) is 0 Å². The van der Waals surface area contributed by atoms with Crippen molar-refractivity contribution in [3.8, 4) is 0 Å². The summed E-state index contributed by atoms with van der Waals surface area (Å²) in [4.78, 5) is 16.8. The van der Waals surface area contributed by atoms with Crippen molar-refractivity contribution in [1.82, 2.24) is 4.98 Å². The number of β-amino-alcohol motifs (C(OH)–C–C–N with tert-alkyl or cyclic N) is 1. The maximum absolute atomic E-state index is 10.8. The van der Waals surface area contributed by atoms with Crippen LogP contribution < -0.4 is 10.6 Å². The minimum absolute atomic E-state index is 0.394. The van der Waals surface area contributed by atoms with E-state index in [1.54, 1.807) is 19.1 Å². The minimum atomic E-state index is -0.621. The van der Waals surface area contributed by atoms with Crippen molar-refractivity contribution in [2.45, 2.75) is 12.5 Å². The van der Waals surface area contributed by atoms with E-state index >= 15 is 0 Å². The van der Waals surface area contributed by atoms with Crippen LogP contribution in [0.25, 0.3) is 0 Å². The molecule has 5 heteroatoms. The van der Waals surface area contributed by atoms with Crippen LogP contribution >= 0.6 is 0 Å². The first-order valence-electron chi connectivity index (χ1n) is 4.71. The third kappa shape index (κ3) is 1.92. The van der Waals surface area contributed by atoms with Crippen molar-refractivity contribution in [3.05, 3.63) is 23.9 Å². The van der Waals surface area contributed by atoms with Crippen LogP contribution in [0.15, 0.2) is 18.3 Å². The Labute approximate surface area is 87.5 Å².